The third-order valence-corrected chi connectivity index (χ3v) is 5.80. The summed E-state index contributed by atoms with van der Waals surface area (Å²) in [6.07, 6.45) is 4.53. The van der Waals surface area contributed by atoms with Gasteiger partial charge in [0, 0.05) is 36.3 Å². The monoisotopic (exact) mass is 306 g/mol. The van der Waals surface area contributed by atoms with Gasteiger partial charge in [-0.15, -0.1) is 0 Å². The Hall–Kier alpha value is -1.50. The molecule has 1 N–H and O–H groups in total. The highest BCUT2D eigenvalue weighted by atomic mass is 32.2. The molecule has 0 saturated carbocycles. The van der Waals surface area contributed by atoms with Crippen molar-refractivity contribution in [3.63, 3.8) is 0 Å². The fourth-order valence-electron chi connectivity index (χ4n) is 2.84. The van der Waals surface area contributed by atoms with Gasteiger partial charge in [-0.1, -0.05) is 12.1 Å². The Bertz CT molecular complexity index is 766. The number of rotatable bonds is 2. The largest absolute Gasteiger partial charge is 0.389 e. The lowest BCUT2D eigenvalue weighted by Crippen LogP contribution is -2.48. The molecule has 6 heteroatoms. The molecule has 1 fully saturated rings. The van der Waals surface area contributed by atoms with E-state index >= 15 is 0 Å². The van der Waals surface area contributed by atoms with E-state index in [1.54, 1.807) is 37.5 Å². The third-order valence-electron chi connectivity index (χ3n) is 3.90. The van der Waals surface area contributed by atoms with Gasteiger partial charge in [-0.25, -0.2) is 8.42 Å². The number of sulfonamides is 1. The van der Waals surface area contributed by atoms with Crippen LogP contribution in [0.4, 0.5) is 0 Å². The van der Waals surface area contributed by atoms with Crippen LogP contribution >= 0.6 is 0 Å². The molecule has 0 aliphatic carbocycles. The lowest BCUT2D eigenvalue weighted by molar-refractivity contribution is 0.00942. The molecule has 2 heterocycles. The first kappa shape index (κ1) is 14.4. The molecule has 112 valence electrons. The van der Waals surface area contributed by atoms with Gasteiger partial charge in [0.2, 0.25) is 10.0 Å². The summed E-state index contributed by atoms with van der Waals surface area (Å²) >= 11 is 0. The van der Waals surface area contributed by atoms with E-state index in [0.717, 1.165) is 5.39 Å². The van der Waals surface area contributed by atoms with Gasteiger partial charge in [0.25, 0.3) is 0 Å². The Balaban J connectivity index is 2.09. The predicted molar refractivity (Wildman–Crippen MR) is 80.4 cm³/mol. The van der Waals surface area contributed by atoms with Gasteiger partial charge in [-0.2, -0.15) is 4.31 Å². The zero-order chi connectivity index (χ0) is 15.1. The van der Waals surface area contributed by atoms with Crippen LogP contribution in [0.5, 0.6) is 0 Å². The normalized spacial score (nSPS) is 24.3. The van der Waals surface area contributed by atoms with Crippen molar-refractivity contribution in [2.24, 2.45) is 0 Å². The van der Waals surface area contributed by atoms with E-state index in [0.29, 0.717) is 24.8 Å². The number of hydrogen-bond donors (Lipinski definition) is 1. The summed E-state index contributed by atoms with van der Waals surface area (Å²) < 4.78 is 27.1. The number of aromatic nitrogens is 1. The van der Waals surface area contributed by atoms with Gasteiger partial charge >= 0.3 is 0 Å². The number of hydrogen-bond acceptors (Lipinski definition) is 4. The molecule has 21 heavy (non-hydrogen) atoms. The Labute approximate surface area is 124 Å². The average molecular weight is 306 g/mol. The molecule has 3 rings (SSSR count). The molecule has 1 aliphatic heterocycles. The number of pyridine rings is 1. The second-order valence-corrected chi connectivity index (χ2v) is 7.70. The van der Waals surface area contributed by atoms with Crippen molar-refractivity contribution < 1.29 is 13.5 Å². The molecule has 1 aliphatic rings. The Kier molecular flexibility index (Phi) is 3.47. The first-order valence-electron chi connectivity index (χ1n) is 6.95. The van der Waals surface area contributed by atoms with E-state index in [1.165, 1.54) is 4.31 Å². The van der Waals surface area contributed by atoms with Crippen LogP contribution in [-0.4, -0.2) is 41.5 Å². The lowest BCUT2D eigenvalue weighted by atomic mass is 9.97. The maximum atomic E-state index is 12.9. The minimum atomic E-state index is -3.61. The topological polar surface area (TPSA) is 70.5 Å². The molecular weight excluding hydrogens is 288 g/mol. The van der Waals surface area contributed by atoms with E-state index in [1.807, 2.05) is 6.07 Å². The molecule has 1 unspecified atom stereocenters. The Morgan fingerprint density at radius 3 is 2.90 bits per heavy atom. The number of fused-ring (bicyclic) bond motifs is 1. The molecule has 0 amide bonds. The minimum absolute atomic E-state index is 0.136. The molecule has 0 spiro atoms. The van der Waals surface area contributed by atoms with E-state index in [2.05, 4.69) is 4.98 Å². The number of aliphatic hydroxyl groups is 1. The zero-order valence-corrected chi connectivity index (χ0v) is 12.7. The smallest absolute Gasteiger partial charge is 0.243 e. The lowest BCUT2D eigenvalue weighted by Gasteiger charge is -2.36. The van der Waals surface area contributed by atoms with E-state index in [9.17, 15) is 13.5 Å². The highest BCUT2D eigenvalue weighted by Crippen LogP contribution is 2.29. The Morgan fingerprint density at radius 1 is 1.33 bits per heavy atom. The number of piperidine rings is 1. The van der Waals surface area contributed by atoms with Crippen LogP contribution in [0.3, 0.4) is 0 Å². The number of benzene rings is 1. The van der Waals surface area contributed by atoms with E-state index in [-0.39, 0.29) is 11.4 Å². The summed E-state index contributed by atoms with van der Waals surface area (Å²) in [5.74, 6) is 0. The van der Waals surface area contributed by atoms with E-state index in [4.69, 9.17) is 0 Å². The summed E-state index contributed by atoms with van der Waals surface area (Å²) in [5.41, 5.74) is -0.961. The third kappa shape index (κ3) is 2.66. The fourth-order valence-corrected chi connectivity index (χ4v) is 4.65. The second-order valence-electron chi connectivity index (χ2n) is 5.79. The van der Waals surface area contributed by atoms with Crippen molar-refractivity contribution in [3.8, 4) is 0 Å². The van der Waals surface area contributed by atoms with Crippen molar-refractivity contribution in [3.05, 3.63) is 36.7 Å². The number of nitrogens with zero attached hydrogens (tertiary/aromatic N) is 2. The first-order valence-corrected chi connectivity index (χ1v) is 8.39. The van der Waals surface area contributed by atoms with E-state index < -0.39 is 15.6 Å². The van der Waals surface area contributed by atoms with Gasteiger partial charge in [-0.05, 0) is 31.9 Å². The highest BCUT2D eigenvalue weighted by Gasteiger charge is 2.36. The fraction of sp³-hybridized carbons (Fsp3) is 0.400. The van der Waals surface area contributed by atoms with Crippen LogP contribution in [0.1, 0.15) is 19.8 Å². The standard InChI is InChI=1S/C15H18N2O3S/c1-15(18)7-3-9-17(11-15)21(19,20)14-5-2-4-12-10-16-8-6-13(12)14/h2,4-6,8,10,18H,3,7,9,11H2,1H3. The summed E-state index contributed by atoms with van der Waals surface area (Å²) in [7, 11) is -3.61. The van der Waals surface area contributed by atoms with Crippen molar-refractivity contribution in [2.45, 2.75) is 30.3 Å². The maximum absolute atomic E-state index is 12.9. The summed E-state index contributed by atoms with van der Waals surface area (Å²) in [6.45, 7) is 2.26. The molecule has 5 nitrogen and oxygen atoms in total. The van der Waals surface area contributed by atoms with Gasteiger partial charge < -0.3 is 5.11 Å². The molecule has 2 aromatic rings. The molecule has 0 radical (unpaired) electrons. The van der Waals surface area contributed by atoms with Crippen molar-refractivity contribution >= 4 is 20.8 Å². The van der Waals surface area contributed by atoms with Gasteiger partial charge in [0.1, 0.15) is 0 Å². The maximum Gasteiger partial charge on any atom is 0.243 e. The SMILES string of the molecule is CC1(O)CCCN(S(=O)(=O)c2cccc3cnccc23)C1. The molecule has 1 aromatic carbocycles. The van der Waals surface area contributed by atoms with Gasteiger partial charge in [-0.3, -0.25) is 4.98 Å². The van der Waals surface area contributed by atoms with Crippen molar-refractivity contribution in [1.29, 1.82) is 0 Å². The van der Waals surface area contributed by atoms with Crippen molar-refractivity contribution in [2.75, 3.05) is 13.1 Å². The summed E-state index contributed by atoms with van der Waals surface area (Å²) in [5, 5.41) is 11.6. The van der Waals surface area contributed by atoms with Gasteiger partial charge in [0.05, 0.1) is 10.5 Å². The highest BCUT2D eigenvalue weighted by molar-refractivity contribution is 7.89. The summed E-state index contributed by atoms with van der Waals surface area (Å²) in [4.78, 5) is 4.30. The average Bonchev–Trinajstić information content (AvgIpc) is 2.45. The second kappa shape index (κ2) is 5.05. The molecular formula is C15H18N2O3S. The minimum Gasteiger partial charge on any atom is -0.389 e. The number of β-amino-alcohol motifs (C(OH)–C–C–N with tert-alkyl or cyclic N) is 1. The molecule has 1 atom stereocenters. The molecule has 0 bridgehead atoms. The quantitative estimate of drug-likeness (QED) is 0.918. The molecule has 1 aromatic heterocycles. The predicted octanol–water partition coefficient (Wildman–Crippen LogP) is 1.77. The van der Waals surface area contributed by atoms with Crippen LogP contribution in [0, 0.1) is 0 Å². The Morgan fingerprint density at radius 2 is 2.14 bits per heavy atom. The van der Waals surface area contributed by atoms with Gasteiger partial charge in [0.15, 0.2) is 0 Å². The van der Waals surface area contributed by atoms with Crippen LogP contribution in [0.25, 0.3) is 10.8 Å². The molecule has 1 saturated heterocycles. The van der Waals surface area contributed by atoms with Crippen LogP contribution in [-0.2, 0) is 10.0 Å². The van der Waals surface area contributed by atoms with Crippen LogP contribution < -0.4 is 0 Å². The first-order chi connectivity index (χ1) is 9.90. The van der Waals surface area contributed by atoms with Crippen LogP contribution in [0.15, 0.2) is 41.6 Å². The van der Waals surface area contributed by atoms with Crippen LogP contribution in [0.2, 0.25) is 0 Å². The summed E-state index contributed by atoms with van der Waals surface area (Å²) in [6, 6.07) is 6.89. The zero-order valence-electron chi connectivity index (χ0n) is 11.9. The van der Waals surface area contributed by atoms with Crippen molar-refractivity contribution in [1.82, 2.24) is 9.29 Å².